The number of hydrogen-bond acceptors (Lipinski definition) is 8. The van der Waals surface area contributed by atoms with Crippen molar-refractivity contribution in [3.8, 4) is 62.8 Å². The van der Waals surface area contributed by atoms with Crippen LogP contribution >= 0.6 is 0 Å². The number of H-pyrrole nitrogens is 1. The van der Waals surface area contributed by atoms with E-state index in [0.717, 1.165) is 0 Å². The van der Waals surface area contributed by atoms with Crippen LogP contribution in [0.15, 0.2) is 51.7 Å². The molecule has 0 radical (unpaired) electrons. The third-order valence-corrected chi connectivity index (χ3v) is 5.28. The predicted molar refractivity (Wildman–Crippen MR) is 126 cm³/mol. The van der Waals surface area contributed by atoms with Crippen LogP contribution in [0.2, 0.25) is 0 Å². The van der Waals surface area contributed by atoms with Crippen molar-refractivity contribution in [2.75, 3.05) is 28.4 Å². The molecule has 0 aliphatic heterocycles. The highest BCUT2D eigenvalue weighted by atomic mass is 16.5. The summed E-state index contributed by atoms with van der Waals surface area (Å²) in [4.78, 5) is 20.2. The van der Waals surface area contributed by atoms with Gasteiger partial charge in [0, 0.05) is 17.2 Å². The number of aromatic amines is 1. The number of hydrogen-bond donors (Lipinski definition) is 2. The second-order valence-electron chi connectivity index (χ2n) is 7.35. The highest BCUT2D eigenvalue weighted by molar-refractivity contribution is 5.82. The lowest BCUT2D eigenvalue weighted by molar-refractivity contribution is 0.324. The molecule has 2 N–H and O–H groups in total. The van der Waals surface area contributed by atoms with Crippen LogP contribution in [-0.2, 0) is 0 Å². The van der Waals surface area contributed by atoms with Gasteiger partial charge in [0.1, 0.15) is 28.7 Å². The minimum atomic E-state index is -0.552. The number of aromatic nitrogens is 2. The maximum Gasteiger partial charge on any atom is 0.227 e. The average molecular weight is 464 g/mol. The lowest BCUT2D eigenvalue weighted by Crippen LogP contribution is -2.01. The molecule has 4 rings (SSSR count). The Morgan fingerprint density at radius 3 is 2.09 bits per heavy atom. The first-order valence-corrected chi connectivity index (χ1v) is 10.3. The Bertz CT molecular complexity index is 1360. The van der Waals surface area contributed by atoms with Gasteiger partial charge in [0.25, 0.3) is 0 Å². The van der Waals surface area contributed by atoms with Gasteiger partial charge in [-0.25, -0.2) is 4.98 Å². The van der Waals surface area contributed by atoms with Crippen LogP contribution in [-0.4, -0.2) is 43.5 Å². The van der Waals surface area contributed by atoms with Gasteiger partial charge in [-0.1, -0.05) is 0 Å². The van der Waals surface area contributed by atoms with E-state index in [1.54, 1.807) is 38.3 Å². The number of aryl methyl sites for hydroxylation is 1. The van der Waals surface area contributed by atoms with Crippen LogP contribution < -0.4 is 24.4 Å². The molecule has 0 spiro atoms. The molecule has 4 aromatic rings. The molecule has 34 heavy (non-hydrogen) atoms. The topological polar surface area (TPSA) is 116 Å². The molecule has 0 aliphatic carbocycles. The van der Waals surface area contributed by atoms with Crippen molar-refractivity contribution in [3.05, 3.63) is 58.4 Å². The number of methoxy groups -OCH3 is 4. The van der Waals surface area contributed by atoms with Crippen LogP contribution in [0.5, 0.6) is 28.7 Å². The minimum absolute atomic E-state index is 0.0120. The highest BCUT2D eigenvalue weighted by Crippen LogP contribution is 2.42. The van der Waals surface area contributed by atoms with Crippen LogP contribution in [0.1, 0.15) is 5.76 Å². The molecule has 0 amide bonds. The summed E-state index contributed by atoms with van der Waals surface area (Å²) in [5.41, 5.74) is 1.60. The zero-order valence-corrected chi connectivity index (χ0v) is 19.4. The average Bonchev–Trinajstić information content (AvgIpc) is 3.30. The molecule has 176 valence electrons. The summed E-state index contributed by atoms with van der Waals surface area (Å²) in [6, 6.07) is 11.9. The zero-order chi connectivity index (χ0) is 24.4. The molecule has 0 aliphatic rings. The number of ether oxygens (including phenoxy) is 4. The smallest absolute Gasteiger partial charge is 0.227 e. The summed E-state index contributed by atoms with van der Waals surface area (Å²) < 4.78 is 27.3. The molecule has 9 nitrogen and oxygen atoms in total. The van der Waals surface area contributed by atoms with Crippen LogP contribution in [0.25, 0.3) is 34.1 Å². The van der Waals surface area contributed by atoms with Crippen molar-refractivity contribution >= 4 is 0 Å². The molecule has 0 saturated heterocycles. The molecular formula is C25H24N2O7. The maximum absolute atomic E-state index is 12.3. The lowest BCUT2D eigenvalue weighted by atomic mass is 10.1. The fourth-order valence-electron chi connectivity index (χ4n) is 3.62. The SMILES string of the molecule is COc1ccc(-c2nc(-c3cc(OC)c(OC)c(OC)c3)[nH]c2-c2oc(C)cc(=O)c2O)cc1. The Kier molecular flexibility index (Phi) is 6.18. The van der Waals surface area contributed by atoms with Gasteiger partial charge in [-0.15, -0.1) is 0 Å². The summed E-state index contributed by atoms with van der Waals surface area (Å²) in [6.07, 6.45) is 0. The molecule has 2 aromatic heterocycles. The van der Waals surface area contributed by atoms with E-state index in [9.17, 15) is 9.90 Å². The molecular weight excluding hydrogens is 440 g/mol. The van der Waals surface area contributed by atoms with Gasteiger partial charge >= 0.3 is 0 Å². The largest absolute Gasteiger partial charge is 0.501 e. The minimum Gasteiger partial charge on any atom is -0.501 e. The fourth-order valence-corrected chi connectivity index (χ4v) is 3.62. The number of nitrogens with one attached hydrogen (secondary N) is 1. The molecule has 0 bridgehead atoms. The van der Waals surface area contributed by atoms with Gasteiger partial charge in [-0.2, -0.15) is 0 Å². The van der Waals surface area contributed by atoms with E-state index in [1.165, 1.54) is 27.4 Å². The quantitative estimate of drug-likeness (QED) is 0.413. The molecule has 2 aromatic carbocycles. The number of imidazole rings is 1. The first-order valence-electron chi connectivity index (χ1n) is 10.3. The molecule has 2 heterocycles. The van der Waals surface area contributed by atoms with Crippen molar-refractivity contribution in [2.24, 2.45) is 0 Å². The lowest BCUT2D eigenvalue weighted by Gasteiger charge is -2.13. The first kappa shape index (κ1) is 22.8. The zero-order valence-electron chi connectivity index (χ0n) is 19.4. The standard InChI is InChI=1S/C25H24N2O7/c1-13-10-17(28)22(29)24(34-13)21-20(14-6-8-16(30-2)9-7-14)26-25(27-21)15-11-18(31-3)23(33-5)19(12-15)32-4/h6-12,29H,1-5H3,(H,26,27). The maximum atomic E-state index is 12.3. The molecule has 0 saturated carbocycles. The summed E-state index contributed by atoms with van der Waals surface area (Å²) in [5, 5.41) is 10.5. The molecule has 0 unspecified atom stereocenters. The van der Waals surface area contributed by atoms with Crippen LogP contribution in [0, 0.1) is 6.92 Å². The number of benzene rings is 2. The second kappa shape index (κ2) is 9.22. The van der Waals surface area contributed by atoms with E-state index < -0.39 is 11.2 Å². The van der Waals surface area contributed by atoms with Gasteiger partial charge in [0.2, 0.25) is 16.9 Å². The van der Waals surface area contributed by atoms with E-state index in [-0.39, 0.29) is 5.76 Å². The van der Waals surface area contributed by atoms with Crippen molar-refractivity contribution in [1.29, 1.82) is 0 Å². The van der Waals surface area contributed by atoms with Gasteiger partial charge in [-0.05, 0) is 43.3 Å². The number of aromatic hydroxyl groups is 1. The Hall–Kier alpha value is -4.40. The first-order chi connectivity index (χ1) is 16.4. The highest BCUT2D eigenvalue weighted by Gasteiger charge is 2.23. The van der Waals surface area contributed by atoms with E-state index in [0.29, 0.717) is 57.1 Å². The van der Waals surface area contributed by atoms with Gasteiger partial charge in [0.05, 0.1) is 28.4 Å². The Labute approximate surface area is 195 Å². The van der Waals surface area contributed by atoms with E-state index >= 15 is 0 Å². The Morgan fingerprint density at radius 1 is 0.882 bits per heavy atom. The predicted octanol–water partition coefficient (Wildman–Crippen LogP) is 4.41. The Balaban J connectivity index is 1.98. The normalized spacial score (nSPS) is 10.7. The van der Waals surface area contributed by atoms with Gasteiger partial charge < -0.3 is 33.5 Å². The molecule has 0 fully saturated rings. The van der Waals surface area contributed by atoms with Crippen molar-refractivity contribution in [3.63, 3.8) is 0 Å². The second-order valence-corrected chi connectivity index (χ2v) is 7.35. The third kappa shape index (κ3) is 4.03. The van der Waals surface area contributed by atoms with Gasteiger partial charge in [0.15, 0.2) is 17.3 Å². The summed E-state index contributed by atoms with van der Waals surface area (Å²) >= 11 is 0. The number of nitrogens with zero attached hydrogens (tertiary/aromatic N) is 1. The van der Waals surface area contributed by atoms with Crippen molar-refractivity contribution in [1.82, 2.24) is 9.97 Å². The summed E-state index contributed by atoms with van der Waals surface area (Å²) in [5.74, 6) is 2.28. The van der Waals surface area contributed by atoms with E-state index in [2.05, 4.69) is 4.98 Å². The Morgan fingerprint density at radius 2 is 1.53 bits per heavy atom. The molecule has 9 heteroatoms. The van der Waals surface area contributed by atoms with Crippen LogP contribution in [0.4, 0.5) is 0 Å². The van der Waals surface area contributed by atoms with Gasteiger partial charge in [-0.3, -0.25) is 4.79 Å². The van der Waals surface area contributed by atoms with E-state index in [1.807, 2.05) is 12.1 Å². The summed E-state index contributed by atoms with van der Waals surface area (Å²) in [7, 11) is 6.15. The van der Waals surface area contributed by atoms with Crippen LogP contribution in [0.3, 0.4) is 0 Å². The van der Waals surface area contributed by atoms with E-state index in [4.69, 9.17) is 28.3 Å². The summed E-state index contributed by atoms with van der Waals surface area (Å²) in [6.45, 7) is 1.63. The third-order valence-electron chi connectivity index (χ3n) is 5.28. The van der Waals surface area contributed by atoms with Crippen molar-refractivity contribution in [2.45, 2.75) is 6.92 Å². The monoisotopic (exact) mass is 464 g/mol. The molecule has 0 atom stereocenters. The van der Waals surface area contributed by atoms with Crippen molar-refractivity contribution < 1.29 is 28.5 Å². The fraction of sp³-hybridized carbons (Fsp3) is 0.200. The number of rotatable bonds is 7.